The van der Waals surface area contributed by atoms with Crippen molar-refractivity contribution in [2.75, 3.05) is 6.61 Å². The van der Waals surface area contributed by atoms with Gasteiger partial charge in [0.15, 0.2) is 6.61 Å². The molecule has 1 aliphatic carbocycles. The SMILES string of the molecule is C[C@@H]1CCCC[C@@H]1NC(=O)COC(=O)Cc1ccsc1. The highest BCUT2D eigenvalue weighted by Gasteiger charge is 2.23. The van der Waals surface area contributed by atoms with Crippen LogP contribution in [-0.2, 0) is 20.7 Å². The summed E-state index contributed by atoms with van der Waals surface area (Å²) in [7, 11) is 0. The Balaban J connectivity index is 1.68. The number of rotatable bonds is 5. The Kier molecular flexibility index (Phi) is 5.59. The molecule has 0 aromatic carbocycles. The monoisotopic (exact) mass is 295 g/mol. The molecule has 4 nitrogen and oxygen atoms in total. The Morgan fingerprint density at radius 3 is 2.90 bits per heavy atom. The third-order valence-electron chi connectivity index (χ3n) is 3.75. The predicted molar refractivity (Wildman–Crippen MR) is 78.5 cm³/mol. The first-order valence-corrected chi connectivity index (χ1v) is 8.05. The number of hydrogen-bond donors (Lipinski definition) is 1. The molecule has 5 heteroatoms. The summed E-state index contributed by atoms with van der Waals surface area (Å²) in [6.45, 7) is 1.98. The number of thiophene rings is 1. The van der Waals surface area contributed by atoms with E-state index in [1.807, 2.05) is 16.8 Å². The molecular weight excluding hydrogens is 274 g/mol. The van der Waals surface area contributed by atoms with E-state index < -0.39 is 0 Å². The zero-order valence-electron chi connectivity index (χ0n) is 11.8. The maximum atomic E-state index is 11.8. The summed E-state index contributed by atoms with van der Waals surface area (Å²) in [5.41, 5.74) is 0.932. The fourth-order valence-electron chi connectivity index (χ4n) is 2.54. The van der Waals surface area contributed by atoms with Gasteiger partial charge in [0.1, 0.15) is 0 Å². The average Bonchev–Trinajstić information content (AvgIpc) is 2.92. The van der Waals surface area contributed by atoms with E-state index in [0.717, 1.165) is 24.8 Å². The summed E-state index contributed by atoms with van der Waals surface area (Å²) in [5, 5.41) is 6.79. The van der Waals surface area contributed by atoms with Crippen LogP contribution in [0.1, 0.15) is 38.2 Å². The minimum absolute atomic E-state index is 0.174. The Labute approximate surface area is 123 Å². The molecule has 1 aromatic rings. The summed E-state index contributed by atoms with van der Waals surface area (Å²) in [4.78, 5) is 23.4. The quantitative estimate of drug-likeness (QED) is 0.849. The second kappa shape index (κ2) is 7.43. The van der Waals surface area contributed by atoms with Crippen molar-refractivity contribution in [1.29, 1.82) is 0 Å². The van der Waals surface area contributed by atoms with E-state index in [2.05, 4.69) is 12.2 Å². The van der Waals surface area contributed by atoms with Gasteiger partial charge < -0.3 is 10.1 Å². The molecule has 1 aliphatic rings. The van der Waals surface area contributed by atoms with Crippen LogP contribution in [0.2, 0.25) is 0 Å². The Morgan fingerprint density at radius 1 is 1.40 bits per heavy atom. The van der Waals surface area contributed by atoms with E-state index in [9.17, 15) is 9.59 Å². The van der Waals surface area contributed by atoms with Gasteiger partial charge in [-0.05, 0) is 41.1 Å². The van der Waals surface area contributed by atoms with Gasteiger partial charge in [-0.1, -0.05) is 19.8 Å². The van der Waals surface area contributed by atoms with E-state index in [-0.39, 0.29) is 30.9 Å². The van der Waals surface area contributed by atoms with Crippen molar-refractivity contribution >= 4 is 23.2 Å². The molecular formula is C15H21NO3S. The van der Waals surface area contributed by atoms with Crippen LogP contribution in [0.4, 0.5) is 0 Å². The smallest absolute Gasteiger partial charge is 0.310 e. The molecule has 2 atom stereocenters. The highest BCUT2D eigenvalue weighted by atomic mass is 32.1. The summed E-state index contributed by atoms with van der Waals surface area (Å²) in [6.07, 6.45) is 4.81. The standard InChI is InChI=1S/C15H21NO3S/c1-11-4-2-3-5-13(11)16-14(17)9-19-15(18)8-12-6-7-20-10-12/h6-7,10-11,13H,2-5,8-9H2,1H3,(H,16,17)/t11-,13+/m1/s1. The molecule has 2 rings (SSSR count). The second-order valence-corrected chi connectivity index (χ2v) is 6.18. The highest BCUT2D eigenvalue weighted by Crippen LogP contribution is 2.23. The fourth-order valence-corrected chi connectivity index (χ4v) is 3.20. The zero-order chi connectivity index (χ0) is 14.4. The molecule has 1 heterocycles. The molecule has 20 heavy (non-hydrogen) atoms. The van der Waals surface area contributed by atoms with Crippen LogP contribution in [0, 0.1) is 5.92 Å². The zero-order valence-corrected chi connectivity index (χ0v) is 12.6. The number of carbonyl (C=O) groups is 2. The summed E-state index contributed by atoms with van der Waals surface area (Å²) >= 11 is 1.54. The van der Waals surface area contributed by atoms with Crippen LogP contribution in [0.3, 0.4) is 0 Å². The van der Waals surface area contributed by atoms with Crippen molar-refractivity contribution in [3.05, 3.63) is 22.4 Å². The van der Waals surface area contributed by atoms with E-state index >= 15 is 0 Å². The molecule has 0 radical (unpaired) electrons. The first-order chi connectivity index (χ1) is 9.65. The van der Waals surface area contributed by atoms with Crippen LogP contribution in [0.15, 0.2) is 16.8 Å². The summed E-state index contributed by atoms with van der Waals surface area (Å²) in [6, 6.07) is 2.11. The van der Waals surface area contributed by atoms with E-state index in [1.54, 1.807) is 11.3 Å². The van der Waals surface area contributed by atoms with Crippen LogP contribution >= 0.6 is 11.3 Å². The maximum absolute atomic E-state index is 11.8. The van der Waals surface area contributed by atoms with Gasteiger partial charge in [-0.25, -0.2) is 0 Å². The molecule has 1 amide bonds. The first-order valence-electron chi connectivity index (χ1n) is 7.11. The Morgan fingerprint density at radius 2 is 2.20 bits per heavy atom. The maximum Gasteiger partial charge on any atom is 0.310 e. The van der Waals surface area contributed by atoms with E-state index in [0.29, 0.717) is 5.92 Å². The molecule has 0 aliphatic heterocycles. The van der Waals surface area contributed by atoms with E-state index in [1.165, 1.54) is 6.42 Å². The van der Waals surface area contributed by atoms with Crippen molar-refractivity contribution in [3.8, 4) is 0 Å². The molecule has 0 bridgehead atoms. The van der Waals surface area contributed by atoms with Crippen molar-refractivity contribution < 1.29 is 14.3 Å². The summed E-state index contributed by atoms with van der Waals surface area (Å²) in [5.74, 6) is -0.0353. The van der Waals surface area contributed by atoms with Gasteiger partial charge in [-0.3, -0.25) is 9.59 Å². The van der Waals surface area contributed by atoms with Gasteiger partial charge in [-0.15, -0.1) is 0 Å². The molecule has 1 N–H and O–H groups in total. The number of nitrogens with one attached hydrogen (secondary N) is 1. The third kappa shape index (κ3) is 4.63. The van der Waals surface area contributed by atoms with Gasteiger partial charge in [0.05, 0.1) is 6.42 Å². The lowest BCUT2D eigenvalue weighted by Crippen LogP contribution is -2.42. The largest absolute Gasteiger partial charge is 0.455 e. The van der Waals surface area contributed by atoms with Crippen LogP contribution in [0.25, 0.3) is 0 Å². The molecule has 110 valence electrons. The topological polar surface area (TPSA) is 55.4 Å². The molecule has 0 spiro atoms. The number of amides is 1. The number of esters is 1. The van der Waals surface area contributed by atoms with Crippen molar-refractivity contribution in [1.82, 2.24) is 5.32 Å². The van der Waals surface area contributed by atoms with Gasteiger partial charge in [0.2, 0.25) is 0 Å². The molecule has 1 fully saturated rings. The Hall–Kier alpha value is -1.36. The molecule has 1 saturated carbocycles. The molecule has 1 aromatic heterocycles. The average molecular weight is 295 g/mol. The van der Waals surface area contributed by atoms with E-state index in [4.69, 9.17) is 4.74 Å². The minimum Gasteiger partial charge on any atom is -0.455 e. The highest BCUT2D eigenvalue weighted by molar-refractivity contribution is 7.07. The van der Waals surface area contributed by atoms with Gasteiger partial charge in [0, 0.05) is 6.04 Å². The fraction of sp³-hybridized carbons (Fsp3) is 0.600. The van der Waals surface area contributed by atoms with Gasteiger partial charge in [0.25, 0.3) is 5.91 Å². The Bertz CT molecular complexity index is 444. The second-order valence-electron chi connectivity index (χ2n) is 5.40. The van der Waals surface area contributed by atoms with Gasteiger partial charge in [-0.2, -0.15) is 11.3 Å². The number of ether oxygens (including phenoxy) is 1. The predicted octanol–water partition coefficient (Wildman–Crippen LogP) is 2.53. The molecule has 0 unspecified atom stereocenters. The van der Waals surface area contributed by atoms with Gasteiger partial charge >= 0.3 is 5.97 Å². The number of hydrogen-bond acceptors (Lipinski definition) is 4. The van der Waals surface area contributed by atoms with Crippen LogP contribution in [0.5, 0.6) is 0 Å². The lowest BCUT2D eigenvalue weighted by molar-refractivity contribution is -0.148. The first kappa shape index (κ1) is 15.0. The lowest BCUT2D eigenvalue weighted by atomic mass is 9.86. The van der Waals surface area contributed by atoms with Crippen molar-refractivity contribution in [2.45, 2.75) is 45.1 Å². The third-order valence-corrected chi connectivity index (χ3v) is 4.48. The lowest BCUT2D eigenvalue weighted by Gasteiger charge is -2.29. The molecule has 0 saturated heterocycles. The van der Waals surface area contributed by atoms with Crippen molar-refractivity contribution in [3.63, 3.8) is 0 Å². The van der Waals surface area contributed by atoms with Crippen molar-refractivity contribution in [2.24, 2.45) is 5.92 Å². The minimum atomic E-state index is -0.352. The van der Waals surface area contributed by atoms with Crippen LogP contribution in [-0.4, -0.2) is 24.5 Å². The summed E-state index contributed by atoms with van der Waals surface area (Å²) < 4.78 is 5.01. The van der Waals surface area contributed by atoms with Crippen LogP contribution < -0.4 is 5.32 Å². The number of carbonyl (C=O) groups excluding carboxylic acids is 2. The normalized spacial score (nSPS) is 22.2.